The van der Waals surface area contributed by atoms with Crippen LogP contribution in [0.15, 0.2) is 51.9 Å². The number of fused-ring (bicyclic) bond motifs is 3. The number of ether oxygens (including phenoxy) is 1. The maximum atomic E-state index is 12.8. The summed E-state index contributed by atoms with van der Waals surface area (Å²) in [6.45, 7) is -2.94. The Labute approximate surface area is 149 Å². The first-order valence-corrected chi connectivity index (χ1v) is 8.14. The second kappa shape index (κ2) is 5.99. The van der Waals surface area contributed by atoms with Gasteiger partial charge in [0.15, 0.2) is 12.1 Å². The molecule has 2 heterocycles. The molecule has 9 heteroatoms. The molecule has 0 saturated heterocycles. The van der Waals surface area contributed by atoms with Crippen molar-refractivity contribution in [3.63, 3.8) is 0 Å². The number of imidazole rings is 1. The fourth-order valence-electron chi connectivity index (χ4n) is 2.85. The van der Waals surface area contributed by atoms with Gasteiger partial charge in [-0.2, -0.15) is 8.78 Å². The van der Waals surface area contributed by atoms with Crippen molar-refractivity contribution >= 4 is 38.9 Å². The van der Waals surface area contributed by atoms with Crippen LogP contribution >= 0.6 is 15.9 Å². The van der Waals surface area contributed by atoms with Crippen LogP contribution in [0.1, 0.15) is 11.7 Å². The minimum absolute atomic E-state index is 0.0328. The van der Waals surface area contributed by atoms with E-state index in [1.807, 2.05) is 24.3 Å². The molecule has 0 fully saturated rings. The maximum absolute atomic E-state index is 12.8. The molecule has 1 aliphatic heterocycles. The molecule has 4 rings (SSSR count). The summed E-state index contributed by atoms with van der Waals surface area (Å²) in [4.78, 5) is 8.87. The summed E-state index contributed by atoms with van der Waals surface area (Å²) < 4.78 is 32.8. The largest absolute Gasteiger partial charge is 0.434 e. The predicted molar refractivity (Wildman–Crippen MR) is 93.9 cm³/mol. The summed E-state index contributed by atoms with van der Waals surface area (Å²) in [5, 5.41) is 2.90. The maximum Gasteiger partial charge on any atom is 0.387 e. The SMILES string of the molecule is NC1=N[C@@H](c2cc(Br)ccc2OC(F)F)n2c(nc3ccccc32)N1. The monoisotopic (exact) mass is 407 g/mol. The number of aliphatic imine (C=N–C) groups is 1. The second-order valence-electron chi connectivity index (χ2n) is 5.37. The lowest BCUT2D eigenvalue weighted by Crippen LogP contribution is -2.31. The molecule has 0 radical (unpaired) electrons. The van der Waals surface area contributed by atoms with Crippen molar-refractivity contribution in [1.29, 1.82) is 0 Å². The molecule has 1 aromatic heterocycles. The van der Waals surface area contributed by atoms with Crippen molar-refractivity contribution in [3.8, 4) is 5.75 Å². The van der Waals surface area contributed by atoms with E-state index in [1.165, 1.54) is 6.07 Å². The number of para-hydroxylation sites is 2. The molecule has 1 atom stereocenters. The highest BCUT2D eigenvalue weighted by atomic mass is 79.9. The highest BCUT2D eigenvalue weighted by Gasteiger charge is 2.28. The Kier molecular flexibility index (Phi) is 3.79. The van der Waals surface area contributed by atoms with Gasteiger partial charge in [-0.25, -0.2) is 9.98 Å². The summed E-state index contributed by atoms with van der Waals surface area (Å²) in [5.74, 6) is 0.669. The molecular formula is C16H12BrF2N5O. The molecule has 0 bridgehead atoms. The van der Waals surface area contributed by atoms with Gasteiger partial charge >= 0.3 is 6.61 Å². The molecule has 1 aliphatic rings. The first kappa shape index (κ1) is 15.8. The van der Waals surface area contributed by atoms with Gasteiger partial charge < -0.3 is 10.5 Å². The van der Waals surface area contributed by atoms with Crippen LogP contribution in [-0.2, 0) is 0 Å². The highest BCUT2D eigenvalue weighted by Crippen LogP contribution is 2.38. The van der Waals surface area contributed by atoms with Gasteiger partial charge in [-0.15, -0.1) is 0 Å². The Morgan fingerprint density at radius 2 is 2.04 bits per heavy atom. The number of aromatic nitrogens is 2. The van der Waals surface area contributed by atoms with E-state index in [9.17, 15) is 8.78 Å². The second-order valence-corrected chi connectivity index (χ2v) is 6.28. The van der Waals surface area contributed by atoms with Crippen molar-refractivity contribution < 1.29 is 13.5 Å². The van der Waals surface area contributed by atoms with E-state index in [1.54, 1.807) is 16.7 Å². The fraction of sp³-hybridized carbons (Fsp3) is 0.125. The highest BCUT2D eigenvalue weighted by molar-refractivity contribution is 9.10. The quantitative estimate of drug-likeness (QED) is 0.693. The molecule has 128 valence electrons. The molecule has 0 amide bonds. The molecule has 3 aromatic rings. The minimum atomic E-state index is -2.94. The van der Waals surface area contributed by atoms with Crippen LogP contribution in [0.3, 0.4) is 0 Å². The zero-order valence-electron chi connectivity index (χ0n) is 12.7. The van der Waals surface area contributed by atoms with Crippen LogP contribution in [-0.4, -0.2) is 22.1 Å². The zero-order chi connectivity index (χ0) is 17.6. The molecule has 0 aliphatic carbocycles. The minimum Gasteiger partial charge on any atom is -0.434 e. The lowest BCUT2D eigenvalue weighted by Gasteiger charge is -2.25. The van der Waals surface area contributed by atoms with Gasteiger partial charge in [0.1, 0.15) is 5.75 Å². The standard InChI is InChI=1S/C16H12BrF2N5O/c17-8-5-6-12(25-14(18)19)9(7-8)13-22-15(20)23-16-21-10-3-1-2-4-11(10)24(13)16/h1-7,13-14H,(H3,20,21,22,23)/t13-/m1/s1. The van der Waals surface area contributed by atoms with Crippen molar-refractivity contribution in [2.24, 2.45) is 10.7 Å². The lowest BCUT2D eigenvalue weighted by molar-refractivity contribution is -0.0506. The summed E-state index contributed by atoms with van der Waals surface area (Å²) >= 11 is 3.36. The van der Waals surface area contributed by atoms with Gasteiger partial charge in [0.05, 0.1) is 11.0 Å². The van der Waals surface area contributed by atoms with E-state index < -0.39 is 12.8 Å². The molecule has 0 unspecified atom stereocenters. The number of hydrogen-bond acceptors (Lipinski definition) is 5. The van der Waals surface area contributed by atoms with Crippen LogP contribution in [0.4, 0.5) is 14.7 Å². The molecule has 3 N–H and O–H groups in total. The Morgan fingerprint density at radius 1 is 1.24 bits per heavy atom. The average Bonchev–Trinajstić information content (AvgIpc) is 2.93. The number of nitrogens with one attached hydrogen (secondary N) is 1. The number of benzene rings is 2. The molecule has 6 nitrogen and oxygen atoms in total. The number of guanidine groups is 1. The van der Waals surface area contributed by atoms with Crippen LogP contribution in [0.5, 0.6) is 5.75 Å². The Hall–Kier alpha value is -2.68. The zero-order valence-corrected chi connectivity index (χ0v) is 14.2. The van der Waals surface area contributed by atoms with Crippen LogP contribution in [0, 0.1) is 0 Å². The summed E-state index contributed by atoms with van der Waals surface area (Å²) in [7, 11) is 0. The van der Waals surface area contributed by atoms with Gasteiger partial charge in [-0.3, -0.25) is 9.88 Å². The topological polar surface area (TPSA) is 77.5 Å². The van der Waals surface area contributed by atoms with E-state index in [2.05, 4.69) is 36.0 Å². The third-order valence-corrected chi connectivity index (χ3v) is 4.30. The molecule has 0 spiro atoms. The molecule has 25 heavy (non-hydrogen) atoms. The number of anilines is 1. The molecule has 0 saturated carbocycles. The van der Waals surface area contributed by atoms with Crippen LogP contribution in [0.25, 0.3) is 11.0 Å². The van der Waals surface area contributed by atoms with Crippen molar-refractivity contribution in [3.05, 3.63) is 52.5 Å². The van der Waals surface area contributed by atoms with E-state index in [-0.39, 0.29) is 11.7 Å². The third-order valence-electron chi connectivity index (χ3n) is 3.81. The summed E-state index contributed by atoms with van der Waals surface area (Å²) in [6.07, 6.45) is -0.685. The average molecular weight is 408 g/mol. The van der Waals surface area contributed by atoms with Gasteiger partial charge in [-0.05, 0) is 30.3 Å². The number of nitrogens with two attached hydrogens (primary N) is 1. The summed E-state index contributed by atoms with van der Waals surface area (Å²) in [6, 6.07) is 12.2. The van der Waals surface area contributed by atoms with E-state index in [0.29, 0.717) is 16.0 Å². The van der Waals surface area contributed by atoms with E-state index >= 15 is 0 Å². The molecular weight excluding hydrogens is 396 g/mol. The number of hydrogen-bond donors (Lipinski definition) is 2. The molecule has 2 aromatic carbocycles. The number of halogens is 3. The van der Waals surface area contributed by atoms with Gasteiger partial charge in [0.2, 0.25) is 5.95 Å². The summed E-state index contributed by atoms with van der Waals surface area (Å²) in [5.41, 5.74) is 7.86. The lowest BCUT2D eigenvalue weighted by atomic mass is 10.1. The van der Waals surface area contributed by atoms with E-state index in [4.69, 9.17) is 5.73 Å². The fourth-order valence-corrected chi connectivity index (χ4v) is 3.23. The first-order chi connectivity index (χ1) is 12.0. The smallest absolute Gasteiger partial charge is 0.387 e. The number of rotatable bonds is 3. The number of nitrogens with zero attached hydrogens (tertiary/aromatic N) is 3. The number of alkyl halides is 2. The van der Waals surface area contributed by atoms with Crippen molar-refractivity contribution in [2.45, 2.75) is 12.8 Å². The van der Waals surface area contributed by atoms with Crippen LogP contribution in [0.2, 0.25) is 0 Å². The first-order valence-electron chi connectivity index (χ1n) is 7.34. The Bertz CT molecular complexity index is 988. The Balaban J connectivity index is 1.94. The normalized spacial score (nSPS) is 16.5. The van der Waals surface area contributed by atoms with E-state index in [0.717, 1.165) is 11.0 Å². The van der Waals surface area contributed by atoms with Gasteiger partial charge in [0.25, 0.3) is 0 Å². The predicted octanol–water partition coefficient (Wildman–Crippen LogP) is 3.69. The van der Waals surface area contributed by atoms with Crippen LogP contribution < -0.4 is 15.8 Å². The Morgan fingerprint density at radius 3 is 2.84 bits per heavy atom. The van der Waals surface area contributed by atoms with Gasteiger partial charge in [-0.1, -0.05) is 28.1 Å². The van der Waals surface area contributed by atoms with Crippen molar-refractivity contribution in [1.82, 2.24) is 9.55 Å². The third kappa shape index (κ3) is 2.80. The van der Waals surface area contributed by atoms with Crippen molar-refractivity contribution in [2.75, 3.05) is 5.32 Å². The van der Waals surface area contributed by atoms with Gasteiger partial charge in [0, 0.05) is 10.0 Å².